The predicted octanol–water partition coefficient (Wildman–Crippen LogP) is 1.74. The highest BCUT2D eigenvalue weighted by Crippen LogP contribution is 2.27. The van der Waals surface area contributed by atoms with Crippen LogP contribution in [0.4, 0.5) is 5.69 Å². The molecule has 0 saturated heterocycles. The maximum absolute atomic E-state index is 5.94. The fraction of sp³-hybridized carbons (Fsp3) is 0.364. The SMILES string of the molecule is COc1cc(NC(=NC2CC2)NN)ccc1Cl. The van der Waals surface area contributed by atoms with Crippen LogP contribution in [-0.4, -0.2) is 19.1 Å². The number of benzene rings is 1. The third-order valence-electron chi connectivity index (χ3n) is 2.41. The largest absolute Gasteiger partial charge is 0.495 e. The van der Waals surface area contributed by atoms with Crippen LogP contribution in [0.3, 0.4) is 0 Å². The van der Waals surface area contributed by atoms with E-state index in [0.29, 0.717) is 22.8 Å². The van der Waals surface area contributed by atoms with Gasteiger partial charge in [0.2, 0.25) is 5.96 Å². The van der Waals surface area contributed by atoms with Crippen molar-refractivity contribution in [2.24, 2.45) is 10.8 Å². The molecule has 17 heavy (non-hydrogen) atoms. The van der Waals surface area contributed by atoms with Crippen LogP contribution in [0, 0.1) is 0 Å². The number of hydrogen-bond acceptors (Lipinski definition) is 3. The summed E-state index contributed by atoms with van der Waals surface area (Å²) in [6.45, 7) is 0. The van der Waals surface area contributed by atoms with E-state index in [0.717, 1.165) is 18.5 Å². The zero-order valence-electron chi connectivity index (χ0n) is 9.53. The van der Waals surface area contributed by atoms with Crippen LogP contribution < -0.4 is 21.3 Å². The van der Waals surface area contributed by atoms with Crippen molar-refractivity contribution in [2.45, 2.75) is 18.9 Å². The van der Waals surface area contributed by atoms with Crippen molar-refractivity contribution in [3.05, 3.63) is 23.2 Å². The first kappa shape index (κ1) is 12.0. The molecule has 0 bridgehead atoms. The lowest BCUT2D eigenvalue weighted by molar-refractivity contribution is 0.415. The Bertz CT molecular complexity index is 431. The van der Waals surface area contributed by atoms with Gasteiger partial charge >= 0.3 is 0 Å². The molecule has 1 aromatic rings. The van der Waals surface area contributed by atoms with E-state index in [-0.39, 0.29) is 0 Å². The first-order chi connectivity index (χ1) is 8.22. The molecule has 0 heterocycles. The number of hydrogen-bond donors (Lipinski definition) is 3. The number of ether oxygens (including phenoxy) is 1. The Morgan fingerprint density at radius 2 is 2.29 bits per heavy atom. The lowest BCUT2D eigenvalue weighted by Gasteiger charge is -2.10. The Morgan fingerprint density at radius 1 is 1.53 bits per heavy atom. The summed E-state index contributed by atoms with van der Waals surface area (Å²) in [5, 5.41) is 3.65. The molecule has 0 unspecified atom stereocenters. The second kappa shape index (κ2) is 5.25. The van der Waals surface area contributed by atoms with Crippen LogP contribution in [-0.2, 0) is 0 Å². The highest BCUT2D eigenvalue weighted by molar-refractivity contribution is 6.32. The zero-order chi connectivity index (χ0) is 12.3. The van der Waals surface area contributed by atoms with Crippen molar-refractivity contribution < 1.29 is 4.74 Å². The molecule has 0 radical (unpaired) electrons. The van der Waals surface area contributed by atoms with E-state index in [1.54, 1.807) is 19.2 Å². The molecule has 92 valence electrons. The van der Waals surface area contributed by atoms with Gasteiger partial charge < -0.3 is 10.1 Å². The molecule has 0 atom stereocenters. The van der Waals surface area contributed by atoms with Gasteiger partial charge in [-0.05, 0) is 25.0 Å². The van der Waals surface area contributed by atoms with Crippen LogP contribution in [0.2, 0.25) is 5.02 Å². The van der Waals surface area contributed by atoms with Crippen molar-refractivity contribution in [2.75, 3.05) is 12.4 Å². The molecular formula is C11H15ClN4O. The number of halogens is 1. The molecular weight excluding hydrogens is 240 g/mol. The van der Waals surface area contributed by atoms with Crippen LogP contribution in [0.25, 0.3) is 0 Å². The Morgan fingerprint density at radius 3 is 2.88 bits per heavy atom. The molecule has 1 aliphatic carbocycles. The highest BCUT2D eigenvalue weighted by Gasteiger charge is 2.21. The molecule has 1 aliphatic rings. The smallest absolute Gasteiger partial charge is 0.210 e. The third-order valence-corrected chi connectivity index (χ3v) is 2.72. The average Bonchev–Trinajstić information content (AvgIpc) is 3.14. The number of nitrogens with one attached hydrogen (secondary N) is 2. The standard InChI is InChI=1S/C11H15ClN4O/c1-17-10-6-8(4-5-9(10)12)15-11(16-13)14-7-2-3-7/h4-7H,2-3,13H2,1H3,(H2,14,15,16). The maximum atomic E-state index is 5.94. The van der Waals surface area contributed by atoms with E-state index >= 15 is 0 Å². The third kappa shape index (κ3) is 3.25. The van der Waals surface area contributed by atoms with E-state index in [1.807, 2.05) is 6.07 Å². The molecule has 1 fully saturated rings. The molecule has 0 aliphatic heterocycles. The number of guanidine groups is 1. The minimum atomic E-state index is 0.391. The summed E-state index contributed by atoms with van der Waals surface area (Å²) >= 11 is 5.94. The molecule has 6 heteroatoms. The summed E-state index contributed by atoms with van der Waals surface area (Å²) in [5.41, 5.74) is 3.36. The fourth-order valence-electron chi connectivity index (χ4n) is 1.37. The Kier molecular flexibility index (Phi) is 3.71. The summed E-state index contributed by atoms with van der Waals surface area (Å²) in [6.07, 6.45) is 2.24. The quantitative estimate of drug-likeness (QED) is 0.333. The average molecular weight is 255 g/mol. The Labute approximate surface area is 105 Å². The number of rotatable bonds is 3. The lowest BCUT2D eigenvalue weighted by Crippen LogP contribution is -2.36. The van der Waals surface area contributed by atoms with Crippen molar-refractivity contribution in [3.8, 4) is 5.75 Å². The van der Waals surface area contributed by atoms with Gasteiger partial charge in [0.1, 0.15) is 5.75 Å². The first-order valence-corrected chi connectivity index (χ1v) is 5.75. The fourth-order valence-corrected chi connectivity index (χ4v) is 1.56. The topological polar surface area (TPSA) is 71.7 Å². The van der Waals surface area contributed by atoms with Crippen LogP contribution >= 0.6 is 11.6 Å². The number of methoxy groups -OCH3 is 1. The predicted molar refractivity (Wildman–Crippen MR) is 69.4 cm³/mol. The van der Waals surface area contributed by atoms with Gasteiger partial charge in [0, 0.05) is 11.8 Å². The van der Waals surface area contributed by atoms with Crippen LogP contribution in [0.1, 0.15) is 12.8 Å². The van der Waals surface area contributed by atoms with Crippen LogP contribution in [0.15, 0.2) is 23.2 Å². The van der Waals surface area contributed by atoms with E-state index in [2.05, 4.69) is 15.7 Å². The van der Waals surface area contributed by atoms with Crippen molar-refractivity contribution in [1.29, 1.82) is 0 Å². The Balaban J connectivity index is 2.11. The number of hydrazine groups is 1. The summed E-state index contributed by atoms with van der Waals surface area (Å²) in [4.78, 5) is 4.38. The van der Waals surface area contributed by atoms with Crippen molar-refractivity contribution >= 4 is 23.2 Å². The molecule has 4 N–H and O–H groups in total. The van der Waals surface area contributed by atoms with Crippen LogP contribution in [0.5, 0.6) is 5.75 Å². The lowest BCUT2D eigenvalue weighted by atomic mass is 10.3. The second-order valence-corrected chi connectivity index (χ2v) is 4.23. The summed E-state index contributed by atoms with van der Waals surface area (Å²) in [7, 11) is 1.57. The molecule has 0 spiro atoms. The number of nitrogens with two attached hydrogens (primary N) is 1. The first-order valence-electron chi connectivity index (χ1n) is 5.38. The molecule has 1 saturated carbocycles. The van der Waals surface area contributed by atoms with Gasteiger partial charge in [-0.25, -0.2) is 10.8 Å². The van der Waals surface area contributed by atoms with Gasteiger partial charge in [-0.1, -0.05) is 11.6 Å². The van der Waals surface area contributed by atoms with Gasteiger partial charge in [0.05, 0.1) is 18.2 Å². The highest BCUT2D eigenvalue weighted by atomic mass is 35.5. The maximum Gasteiger partial charge on any atom is 0.210 e. The molecule has 5 nitrogen and oxygen atoms in total. The van der Waals surface area contributed by atoms with Gasteiger partial charge in [0.25, 0.3) is 0 Å². The molecule has 0 aromatic heterocycles. The minimum Gasteiger partial charge on any atom is -0.495 e. The van der Waals surface area contributed by atoms with Crippen molar-refractivity contribution in [3.63, 3.8) is 0 Å². The van der Waals surface area contributed by atoms with Gasteiger partial charge in [-0.15, -0.1) is 0 Å². The number of anilines is 1. The summed E-state index contributed by atoms with van der Waals surface area (Å²) < 4.78 is 5.13. The van der Waals surface area contributed by atoms with E-state index in [4.69, 9.17) is 22.2 Å². The van der Waals surface area contributed by atoms with E-state index < -0.39 is 0 Å². The van der Waals surface area contributed by atoms with E-state index in [1.165, 1.54) is 0 Å². The van der Waals surface area contributed by atoms with Gasteiger partial charge in [-0.3, -0.25) is 5.43 Å². The number of nitrogens with zero attached hydrogens (tertiary/aromatic N) is 1. The Hall–Kier alpha value is -1.46. The number of aliphatic imine (C=N–C) groups is 1. The second-order valence-electron chi connectivity index (χ2n) is 3.83. The summed E-state index contributed by atoms with van der Waals surface area (Å²) in [5.74, 6) is 6.56. The normalized spacial score (nSPS) is 15.6. The summed E-state index contributed by atoms with van der Waals surface area (Å²) in [6, 6.07) is 5.78. The van der Waals surface area contributed by atoms with E-state index in [9.17, 15) is 0 Å². The van der Waals surface area contributed by atoms with Gasteiger partial charge in [-0.2, -0.15) is 0 Å². The molecule has 0 amide bonds. The molecule has 2 rings (SSSR count). The monoisotopic (exact) mass is 254 g/mol. The van der Waals surface area contributed by atoms with Gasteiger partial charge in [0.15, 0.2) is 0 Å². The van der Waals surface area contributed by atoms with Crippen molar-refractivity contribution in [1.82, 2.24) is 5.43 Å². The zero-order valence-corrected chi connectivity index (χ0v) is 10.3. The molecule has 1 aromatic carbocycles. The minimum absolute atomic E-state index is 0.391.